The van der Waals surface area contributed by atoms with Crippen LogP contribution in [0.4, 0.5) is 0 Å². The Labute approximate surface area is 151 Å². The van der Waals surface area contributed by atoms with E-state index in [0.29, 0.717) is 30.5 Å². The van der Waals surface area contributed by atoms with Gasteiger partial charge >= 0.3 is 5.97 Å². The maximum absolute atomic E-state index is 12.3. The van der Waals surface area contributed by atoms with Gasteiger partial charge in [-0.05, 0) is 52.7 Å². The van der Waals surface area contributed by atoms with Gasteiger partial charge in [0.15, 0.2) is 11.5 Å². The van der Waals surface area contributed by atoms with E-state index >= 15 is 0 Å². The highest BCUT2D eigenvalue weighted by atomic mass is 16.6. The molecule has 0 aliphatic carbocycles. The van der Waals surface area contributed by atoms with Gasteiger partial charge in [-0.25, -0.2) is 0 Å². The lowest BCUT2D eigenvalue weighted by Gasteiger charge is -2.18. The average Bonchev–Trinajstić information content (AvgIpc) is 2.67. The Bertz CT molecular complexity index is 964. The van der Waals surface area contributed by atoms with E-state index in [2.05, 4.69) is 0 Å². The van der Waals surface area contributed by atoms with Gasteiger partial charge in [-0.2, -0.15) is 0 Å². The molecule has 5 nitrogen and oxygen atoms in total. The zero-order chi connectivity index (χ0) is 17.9. The van der Waals surface area contributed by atoms with E-state index in [0.717, 1.165) is 22.1 Å². The fourth-order valence-corrected chi connectivity index (χ4v) is 2.93. The summed E-state index contributed by atoms with van der Waals surface area (Å²) < 4.78 is 21.8. The van der Waals surface area contributed by atoms with Crippen LogP contribution in [0, 0.1) is 0 Å². The Morgan fingerprint density at radius 1 is 0.885 bits per heavy atom. The van der Waals surface area contributed by atoms with Crippen molar-refractivity contribution in [1.82, 2.24) is 0 Å². The predicted octanol–water partition coefficient (Wildman–Crippen LogP) is 3.77. The lowest BCUT2D eigenvalue weighted by molar-refractivity contribution is -0.133. The van der Waals surface area contributed by atoms with Gasteiger partial charge in [0.2, 0.25) is 0 Å². The molecule has 0 amide bonds. The van der Waals surface area contributed by atoms with Gasteiger partial charge in [0.05, 0.1) is 13.5 Å². The molecule has 0 fully saturated rings. The van der Waals surface area contributed by atoms with Crippen LogP contribution in [0.15, 0.2) is 54.6 Å². The second-order valence-electron chi connectivity index (χ2n) is 6.00. The van der Waals surface area contributed by atoms with Gasteiger partial charge in [0.1, 0.15) is 24.7 Å². The van der Waals surface area contributed by atoms with Crippen molar-refractivity contribution in [2.24, 2.45) is 0 Å². The van der Waals surface area contributed by atoms with E-state index in [1.807, 2.05) is 48.5 Å². The number of carbonyl (C=O) groups is 1. The van der Waals surface area contributed by atoms with Crippen molar-refractivity contribution >= 4 is 16.7 Å². The van der Waals surface area contributed by atoms with Crippen molar-refractivity contribution in [3.8, 4) is 23.0 Å². The first-order chi connectivity index (χ1) is 12.7. The molecule has 0 saturated heterocycles. The monoisotopic (exact) mass is 350 g/mol. The number of benzene rings is 3. The van der Waals surface area contributed by atoms with E-state index < -0.39 is 0 Å². The van der Waals surface area contributed by atoms with Gasteiger partial charge in [0, 0.05) is 0 Å². The van der Waals surface area contributed by atoms with E-state index in [-0.39, 0.29) is 12.4 Å². The Balaban J connectivity index is 1.48. The second kappa shape index (κ2) is 6.96. The molecule has 1 aliphatic rings. The number of hydrogen-bond donors (Lipinski definition) is 0. The first kappa shape index (κ1) is 16.3. The summed E-state index contributed by atoms with van der Waals surface area (Å²) in [4.78, 5) is 12.3. The minimum atomic E-state index is -0.330. The molecule has 1 aliphatic heterocycles. The number of rotatable bonds is 4. The quantitative estimate of drug-likeness (QED) is 0.530. The van der Waals surface area contributed by atoms with Crippen LogP contribution in [0.1, 0.15) is 5.56 Å². The summed E-state index contributed by atoms with van der Waals surface area (Å²) in [5, 5.41) is 2.01. The van der Waals surface area contributed by atoms with E-state index in [9.17, 15) is 4.79 Å². The minimum absolute atomic E-state index is 0.160. The normalized spacial score (nSPS) is 12.7. The summed E-state index contributed by atoms with van der Waals surface area (Å²) >= 11 is 0. The van der Waals surface area contributed by atoms with E-state index in [1.54, 1.807) is 13.2 Å². The van der Waals surface area contributed by atoms with Crippen LogP contribution in [0.25, 0.3) is 10.8 Å². The average molecular weight is 350 g/mol. The molecule has 3 aromatic carbocycles. The molecule has 5 heteroatoms. The fraction of sp³-hybridized carbons (Fsp3) is 0.190. The molecule has 132 valence electrons. The molecule has 0 spiro atoms. The topological polar surface area (TPSA) is 54.0 Å². The highest BCUT2D eigenvalue weighted by Gasteiger charge is 2.14. The molecule has 0 N–H and O–H groups in total. The third kappa shape index (κ3) is 3.42. The number of fused-ring (bicyclic) bond motifs is 2. The van der Waals surface area contributed by atoms with Gasteiger partial charge < -0.3 is 18.9 Å². The standard InChI is InChI=1S/C21H18O5/c1-23-17-5-3-15-4-6-18(13-16(15)12-17)26-21(22)11-14-2-7-19-20(10-14)25-9-8-24-19/h2-7,10,12-13H,8-9,11H2,1H3. The molecule has 0 aromatic heterocycles. The molecule has 0 radical (unpaired) electrons. The van der Waals surface area contributed by atoms with Crippen molar-refractivity contribution in [2.45, 2.75) is 6.42 Å². The molecule has 0 atom stereocenters. The molecule has 4 rings (SSSR count). The minimum Gasteiger partial charge on any atom is -0.497 e. The second-order valence-corrected chi connectivity index (χ2v) is 6.00. The number of carbonyl (C=O) groups excluding carboxylic acids is 1. The van der Waals surface area contributed by atoms with Crippen LogP contribution in [-0.4, -0.2) is 26.3 Å². The highest BCUT2D eigenvalue weighted by Crippen LogP contribution is 2.31. The van der Waals surface area contributed by atoms with Crippen LogP contribution < -0.4 is 18.9 Å². The molecule has 1 heterocycles. The van der Waals surface area contributed by atoms with Crippen LogP contribution in [0.3, 0.4) is 0 Å². The summed E-state index contributed by atoms with van der Waals surface area (Å²) in [6.45, 7) is 1.06. The Hall–Kier alpha value is -3.21. The molecule has 26 heavy (non-hydrogen) atoms. The maximum atomic E-state index is 12.3. The van der Waals surface area contributed by atoms with Crippen molar-refractivity contribution < 1.29 is 23.7 Å². The Morgan fingerprint density at radius 2 is 1.62 bits per heavy atom. The molecule has 3 aromatic rings. The molecular formula is C21H18O5. The van der Waals surface area contributed by atoms with Crippen molar-refractivity contribution in [3.63, 3.8) is 0 Å². The first-order valence-electron chi connectivity index (χ1n) is 8.38. The predicted molar refractivity (Wildman–Crippen MR) is 97.3 cm³/mol. The van der Waals surface area contributed by atoms with Crippen LogP contribution in [0.2, 0.25) is 0 Å². The molecule has 0 saturated carbocycles. The smallest absolute Gasteiger partial charge is 0.315 e. The lowest BCUT2D eigenvalue weighted by atomic mass is 10.1. The van der Waals surface area contributed by atoms with Gasteiger partial charge in [0.25, 0.3) is 0 Å². The van der Waals surface area contributed by atoms with Crippen LogP contribution in [-0.2, 0) is 11.2 Å². The molecule has 0 bridgehead atoms. The Morgan fingerprint density at radius 3 is 2.42 bits per heavy atom. The number of methoxy groups -OCH3 is 1. The highest BCUT2D eigenvalue weighted by molar-refractivity contribution is 5.86. The number of esters is 1. The van der Waals surface area contributed by atoms with E-state index in [1.165, 1.54) is 0 Å². The largest absolute Gasteiger partial charge is 0.497 e. The van der Waals surface area contributed by atoms with Crippen LogP contribution >= 0.6 is 0 Å². The number of hydrogen-bond acceptors (Lipinski definition) is 5. The summed E-state index contributed by atoms with van der Waals surface area (Å²) in [7, 11) is 1.62. The van der Waals surface area contributed by atoms with Crippen molar-refractivity contribution in [2.75, 3.05) is 20.3 Å². The van der Waals surface area contributed by atoms with Gasteiger partial charge in [-0.3, -0.25) is 4.79 Å². The zero-order valence-corrected chi connectivity index (χ0v) is 14.4. The SMILES string of the molecule is COc1ccc2ccc(OC(=O)Cc3ccc4c(c3)OCCO4)cc2c1. The summed E-state index contributed by atoms with van der Waals surface area (Å²) in [6.07, 6.45) is 0.160. The third-order valence-corrected chi connectivity index (χ3v) is 4.21. The molecule has 0 unspecified atom stereocenters. The Kier molecular flexibility index (Phi) is 4.35. The van der Waals surface area contributed by atoms with Crippen molar-refractivity contribution in [3.05, 3.63) is 60.2 Å². The third-order valence-electron chi connectivity index (χ3n) is 4.21. The fourth-order valence-electron chi connectivity index (χ4n) is 2.93. The first-order valence-corrected chi connectivity index (χ1v) is 8.38. The maximum Gasteiger partial charge on any atom is 0.315 e. The van der Waals surface area contributed by atoms with Crippen LogP contribution in [0.5, 0.6) is 23.0 Å². The summed E-state index contributed by atoms with van der Waals surface area (Å²) in [6, 6.07) is 16.8. The summed E-state index contributed by atoms with van der Waals surface area (Å²) in [5.41, 5.74) is 0.821. The zero-order valence-electron chi connectivity index (χ0n) is 14.4. The van der Waals surface area contributed by atoms with Gasteiger partial charge in [-0.1, -0.05) is 18.2 Å². The number of ether oxygens (including phenoxy) is 4. The van der Waals surface area contributed by atoms with E-state index in [4.69, 9.17) is 18.9 Å². The molecular weight excluding hydrogens is 332 g/mol. The lowest BCUT2D eigenvalue weighted by Crippen LogP contribution is -2.16. The summed E-state index contributed by atoms with van der Waals surface area (Å²) in [5.74, 6) is 2.31. The van der Waals surface area contributed by atoms with Crippen molar-refractivity contribution in [1.29, 1.82) is 0 Å². The van der Waals surface area contributed by atoms with Gasteiger partial charge in [-0.15, -0.1) is 0 Å².